The molecule has 0 radical (unpaired) electrons. The van der Waals surface area contributed by atoms with Crippen LogP contribution in [-0.4, -0.2) is 33.8 Å². The van der Waals surface area contributed by atoms with Crippen LogP contribution in [0.2, 0.25) is 0 Å². The monoisotopic (exact) mass is 348 g/mol. The Morgan fingerprint density at radius 1 is 1.33 bits per heavy atom. The number of thioether (sulfide) groups is 1. The van der Waals surface area contributed by atoms with Crippen molar-refractivity contribution < 1.29 is 9.47 Å². The van der Waals surface area contributed by atoms with Gasteiger partial charge in [-0.25, -0.2) is 4.79 Å². The molecule has 0 saturated carbocycles. The molecule has 1 aromatic carbocycles. The molecule has 3 rings (SSSR count). The van der Waals surface area contributed by atoms with Crippen LogP contribution in [0.3, 0.4) is 0 Å². The van der Waals surface area contributed by atoms with Crippen LogP contribution in [0.1, 0.15) is 17.4 Å². The fraction of sp³-hybridized carbons (Fsp3) is 0.412. The zero-order valence-electron chi connectivity index (χ0n) is 13.4. The molecule has 2 heterocycles. The average Bonchev–Trinajstić information content (AvgIpc) is 2.60. The van der Waals surface area contributed by atoms with Gasteiger partial charge in [-0.2, -0.15) is 0 Å². The van der Waals surface area contributed by atoms with Gasteiger partial charge in [-0.15, -0.1) is 11.8 Å². The first-order valence-electron chi connectivity index (χ1n) is 7.80. The van der Waals surface area contributed by atoms with Crippen molar-refractivity contribution in [1.29, 1.82) is 0 Å². The first kappa shape index (κ1) is 17.0. The number of nitrogens with one attached hydrogen (secondary N) is 1. The number of H-pyrrole nitrogens is 1. The lowest BCUT2D eigenvalue weighted by Crippen LogP contribution is -2.38. The predicted octanol–water partition coefficient (Wildman–Crippen LogP) is 1.69. The van der Waals surface area contributed by atoms with Crippen molar-refractivity contribution in [3.63, 3.8) is 0 Å². The Labute approximate surface area is 143 Å². The summed E-state index contributed by atoms with van der Waals surface area (Å²) in [4.78, 5) is 25.6. The first-order chi connectivity index (χ1) is 11.6. The van der Waals surface area contributed by atoms with Crippen molar-refractivity contribution in [2.45, 2.75) is 25.0 Å². The Bertz CT molecular complexity index is 779. The Morgan fingerprint density at radius 2 is 2.12 bits per heavy atom. The zero-order valence-corrected chi connectivity index (χ0v) is 14.3. The average molecular weight is 348 g/mol. The number of aromatic amines is 1. The molecule has 1 N–H and O–H groups in total. The van der Waals surface area contributed by atoms with Crippen molar-refractivity contribution in [3.05, 3.63) is 68.5 Å². The van der Waals surface area contributed by atoms with Crippen molar-refractivity contribution in [3.8, 4) is 0 Å². The highest BCUT2D eigenvalue weighted by molar-refractivity contribution is 8.00. The summed E-state index contributed by atoms with van der Waals surface area (Å²) in [6.07, 6.45) is 1.20. The summed E-state index contributed by atoms with van der Waals surface area (Å²) >= 11 is 1.72. The molecule has 6 nitrogen and oxygen atoms in total. The Morgan fingerprint density at radius 3 is 2.83 bits per heavy atom. The normalized spacial score (nSPS) is 20.9. The molecular weight excluding hydrogens is 328 g/mol. The second-order valence-electron chi connectivity index (χ2n) is 5.72. The number of aryl methyl sites for hydroxylation is 1. The van der Waals surface area contributed by atoms with Gasteiger partial charge in [0.15, 0.2) is 0 Å². The van der Waals surface area contributed by atoms with E-state index < -0.39 is 5.69 Å². The summed E-state index contributed by atoms with van der Waals surface area (Å²) in [6.45, 7) is 3.37. The summed E-state index contributed by atoms with van der Waals surface area (Å²) in [6, 6.07) is 10.0. The molecule has 1 fully saturated rings. The largest absolute Gasteiger partial charge is 0.376 e. The van der Waals surface area contributed by atoms with Crippen LogP contribution in [0, 0.1) is 6.92 Å². The molecule has 7 heteroatoms. The minimum atomic E-state index is -0.435. The fourth-order valence-corrected chi connectivity index (χ4v) is 3.53. The number of hydrogen-bond donors (Lipinski definition) is 1. The van der Waals surface area contributed by atoms with E-state index in [2.05, 4.69) is 4.98 Å². The van der Waals surface area contributed by atoms with Gasteiger partial charge in [-0.05, 0) is 12.5 Å². The van der Waals surface area contributed by atoms with Gasteiger partial charge >= 0.3 is 5.69 Å². The predicted molar refractivity (Wildman–Crippen MR) is 93.4 cm³/mol. The standard InChI is InChI=1S/C17H20N2O4S/c1-12-7-19(17(21)18-16(12)20)15-11-24-14(10-23-15)9-22-8-13-5-3-2-4-6-13/h2-7,14-15H,8-11H2,1H3,(H,18,20,21). The number of ether oxygens (including phenoxy) is 2. The number of hydrogen-bond acceptors (Lipinski definition) is 5. The zero-order chi connectivity index (χ0) is 16.9. The van der Waals surface area contributed by atoms with Crippen molar-refractivity contribution in [1.82, 2.24) is 9.55 Å². The molecule has 2 atom stereocenters. The second kappa shape index (κ2) is 7.83. The van der Waals surface area contributed by atoms with E-state index in [0.717, 1.165) is 5.56 Å². The smallest absolute Gasteiger partial charge is 0.330 e. The topological polar surface area (TPSA) is 73.3 Å². The molecule has 1 saturated heterocycles. The lowest BCUT2D eigenvalue weighted by Gasteiger charge is -2.29. The van der Waals surface area contributed by atoms with E-state index in [0.29, 0.717) is 31.1 Å². The lowest BCUT2D eigenvalue weighted by molar-refractivity contribution is -0.00317. The molecule has 24 heavy (non-hydrogen) atoms. The Hall–Kier alpha value is -1.83. The van der Waals surface area contributed by atoms with Crippen LogP contribution in [0.5, 0.6) is 0 Å². The van der Waals surface area contributed by atoms with Crippen molar-refractivity contribution in [2.75, 3.05) is 19.0 Å². The van der Waals surface area contributed by atoms with E-state index in [4.69, 9.17) is 9.47 Å². The van der Waals surface area contributed by atoms with E-state index in [1.54, 1.807) is 24.9 Å². The van der Waals surface area contributed by atoms with Crippen LogP contribution < -0.4 is 11.2 Å². The second-order valence-corrected chi connectivity index (χ2v) is 7.06. The lowest BCUT2D eigenvalue weighted by atomic mass is 10.2. The molecule has 1 aromatic heterocycles. The van der Waals surface area contributed by atoms with Gasteiger partial charge in [-0.1, -0.05) is 30.3 Å². The molecule has 0 aliphatic carbocycles. The number of aromatic nitrogens is 2. The van der Waals surface area contributed by atoms with E-state index in [1.807, 2.05) is 30.3 Å². The summed E-state index contributed by atoms with van der Waals surface area (Å²) in [5.41, 5.74) is 0.853. The molecule has 2 unspecified atom stereocenters. The molecule has 128 valence electrons. The highest BCUT2D eigenvalue weighted by Gasteiger charge is 2.24. The van der Waals surface area contributed by atoms with Gasteiger partial charge in [0, 0.05) is 17.5 Å². The van der Waals surface area contributed by atoms with Crippen LogP contribution in [0.25, 0.3) is 0 Å². The third-order valence-electron chi connectivity index (χ3n) is 3.82. The summed E-state index contributed by atoms with van der Waals surface area (Å²) in [5, 5.41) is 0.240. The molecule has 2 aromatic rings. The third kappa shape index (κ3) is 4.17. The van der Waals surface area contributed by atoms with Gasteiger partial charge in [0.2, 0.25) is 0 Å². The van der Waals surface area contributed by atoms with Gasteiger partial charge < -0.3 is 9.47 Å². The maximum absolute atomic E-state index is 11.9. The summed E-state index contributed by atoms with van der Waals surface area (Å²) in [5.74, 6) is 0.644. The highest BCUT2D eigenvalue weighted by Crippen LogP contribution is 2.26. The van der Waals surface area contributed by atoms with Crippen LogP contribution in [-0.2, 0) is 16.1 Å². The minimum Gasteiger partial charge on any atom is -0.376 e. The first-order valence-corrected chi connectivity index (χ1v) is 8.85. The van der Waals surface area contributed by atoms with Gasteiger partial charge in [0.25, 0.3) is 5.56 Å². The SMILES string of the molecule is Cc1cn(C2CSC(COCc3ccccc3)CO2)c(=O)[nH]c1=O. The Balaban J connectivity index is 1.50. The number of rotatable bonds is 5. The summed E-state index contributed by atoms with van der Waals surface area (Å²) < 4.78 is 13.0. The van der Waals surface area contributed by atoms with Crippen molar-refractivity contribution >= 4 is 11.8 Å². The molecular formula is C17H20N2O4S. The highest BCUT2D eigenvalue weighted by atomic mass is 32.2. The number of benzene rings is 1. The number of nitrogens with zero attached hydrogens (tertiary/aromatic N) is 1. The third-order valence-corrected chi connectivity index (χ3v) is 5.04. The quantitative estimate of drug-likeness (QED) is 0.890. The van der Waals surface area contributed by atoms with E-state index in [-0.39, 0.29) is 17.0 Å². The Kier molecular flexibility index (Phi) is 5.55. The van der Waals surface area contributed by atoms with Gasteiger partial charge in [0.1, 0.15) is 6.23 Å². The maximum atomic E-state index is 11.9. The van der Waals surface area contributed by atoms with Crippen molar-refractivity contribution in [2.24, 2.45) is 0 Å². The maximum Gasteiger partial charge on any atom is 0.330 e. The molecule has 1 aliphatic rings. The fourth-order valence-electron chi connectivity index (χ4n) is 2.47. The van der Waals surface area contributed by atoms with Crippen LogP contribution in [0.15, 0.2) is 46.1 Å². The molecule has 0 spiro atoms. The van der Waals surface area contributed by atoms with E-state index in [1.165, 1.54) is 4.57 Å². The summed E-state index contributed by atoms with van der Waals surface area (Å²) in [7, 11) is 0. The van der Waals surface area contributed by atoms with Crippen LogP contribution >= 0.6 is 11.8 Å². The minimum absolute atomic E-state index is 0.240. The van der Waals surface area contributed by atoms with E-state index in [9.17, 15) is 9.59 Å². The van der Waals surface area contributed by atoms with Gasteiger partial charge in [0.05, 0.1) is 25.1 Å². The molecule has 0 amide bonds. The molecule has 1 aliphatic heterocycles. The van der Waals surface area contributed by atoms with Crippen LogP contribution in [0.4, 0.5) is 0 Å². The van der Waals surface area contributed by atoms with Gasteiger partial charge in [-0.3, -0.25) is 14.3 Å². The molecule has 0 bridgehead atoms. The van der Waals surface area contributed by atoms with E-state index >= 15 is 0 Å².